The first-order valence-corrected chi connectivity index (χ1v) is 9.52. The summed E-state index contributed by atoms with van der Waals surface area (Å²) >= 11 is 0. The van der Waals surface area contributed by atoms with Crippen LogP contribution in [0.1, 0.15) is 27.2 Å². The molecule has 4 heterocycles. The van der Waals surface area contributed by atoms with Gasteiger partial charge in [0.25, 0.3) is 11.5 Å². The Morgan fingerprint density at radius 3 is 2.97 bits per heavy atom. The summed E-state index contributed by atoms with van der Waals surface area (Å²) in [6, 6.07) is 13.0. The summed E-state index contributed by atoms with van der Waals surface area (Å²) in [6.45, 7) is 1.36. The van der Waals surface area contributed by atoms with Gasteiger partial charge in [0.1, 0.15) is 0 Å². The van der Waals surface area contributed by atoms with Crippen molar-refractivity contribution >= 4 is 16.8 Å². The molecule has 29 heavy (non-hydrogen) atoms. The van der Waals surface area contributed by atoms with Crippen molar-refractivity contribution in [3.63, 3.8) is 0 Å². The van der Waals surface area contributed by atoms with Gasteiger partial charge in [-0.2, -0.15) is 5.10 Å². The predicted molar refractivity (Wildman–Crippen MR) is 109 cm³/mol. The summed E-state index contributed by atoms with van der Waals surface area (Å²) in [7, 11) is 0. The molecule has 7 nitrogen and oxygen atoms in total. The van der Waals surface area contributed by atoms with Crippen LogP contribution in [0.25, 0.3) is 10.9 Å². The molecule has 3 aromatic heterocycles. The molecule has 1 N–H and O–H groups in total. The zero-order valence-corrected chi connectivity index (χ0v) is 15.7. The molecule has 1 aromatic carbocycles. The Labute approximate surface area is 166 Å². The van der Waals surface area contributed by atoms with Crippen molar-refractivity contribution in [2.75, 3.05) is 6.54 Å². The lowest BCUT2D eigenvalue weighted by Crippen LogP contribution is -2.38. The first kappa shape index (κ1) is 17.4. The zero-order valence-electron chi connectivity index (χ0n) is 15.7. The van der Waals surface area contributed by atoms with Crippen LogP contribution < -0.4 is 5.56 Å². The van der Waals surface area contributed by atoms with Gasteiger partial charge in [-0.3, -0.25) is 14.6 Å². The van der Waals surface area contributed by atoms with E-state index in [0.717, 1.165) is 27.7 Å². The quantitative estimate of drug-likeness (QED) is 0.587. The van der Waals surface area contributed by atoms with Crippen molar-refractivity contribution in [2.24, 2.45) is 0 Å². The van der Waals surface area contributed by atoms with Crippen LogP contribution in [0.5, 0.6) is 0 Å². The van der Waals surface area contributed by atoms with Gasteiger partial charge in [0.15, 0.2) is 0 Å². The first-order chi connectivity index (χ1) is 14.2. The molecule has 0 fully saturated rings. The Morgan fingerprint density at radius 2 is 2.10 bits per heavy atom. The Kier molecular flexibility index (Phi) is 4.20. The van der Waals surface area contributed by atoms with Gasteiger partial charge in [-0.05, 0) is 35.2 Å². The van der Waals surface area contributed by atoms with E-state index in [4.69, 9.17) is 0 Å². The van der Waals surface area contributed by atoms with Crippen molar-refractivity contribution in [1.29, 1.82) is 0 Å². The Morgan fingerprint density at radius 1 is 1.17 bits per heavy atom. The molecule has 0 saturated carbocycles. The Balaban J connectivity index is 1.38. The van der Waals surface area contributed by atoms with Crippen LogP contribution in [-0.2, 0) is 19.5 Å². The average Bonchev–Trinajstić information content (AvgIpc) is 3.22. The number of pyridine rings is 1. The fraction of sp³-hybridized carbons (Fsp3) is 0.182. The maximum Gasteiger partial charge on any atom is 0.267 e. The average molecular weight is 385 g/mol. The molecule has 7 heteroatoms. The van der Waals surface area contributed by atoms with Crippen molar-refractivity contribution in [3.8, 4) is 0 Å². The number of hydrogen-bond donors (Lipinski definition) is 1. The number of nitrogens with zero attached hydrogens (tertiary/aromatic N) is 4. The summed E-state index contributed by atoms with van der Waals surface area (Å²) in [5, 5.41) is 5.62. The number of amides is 1. The summed E-state index contributed by atoms with van der Waals surface area (Å²) in [4.78, 5) is 34.5. The standard InChI is InChI=1S/C22H19N5O2/c28-21-11-18-14-26(22(29)17-4-3-16-5-8-24-20(16)10-17)9-6-19(18)25-27(21)13-15-2-1-7-23-12-15/h1-5,7-8,10-12,24H,6,9,13-14H2. The monoisotopic (exact) mass is 385 g/mol. The van der Waals surface area contributed by atoms with E-state index >= 15 is 0 Å². The molecular weight excluding hydrogens is 366 g/mol. The number of rotatable bonds is 3. The van der Waals surface area contributed by atoms with Crippen LogP contribution in [0, 0.1) is 0 Å². The summed E-state index contributed by atoms with van der Waals surface area (Å²) in [5.74, 6) is -0.0355. The number of carbonyl (C=O) groups is 1. The van der Waals surface area contributed by atoms with Gasteiger partial charge in [-0.1, -0.05) is 12.1 Å². The highest BCUT2D eigenvalue weighted by molar-refractivity contribution is 5.98. The lowest BCUT2D eigenvalue weighted by Gasteiger charge is -2.28. The smallest absolute Gasteiger partial charge is 0.267 e. The second kappa shape index (κ2) is 7.01. The number of carbonyl (C=O) groups excluding carboxylic acids is 1. The van der Waals surface area contributed by atoms with E-state index in [1.165, 1.54) is 4.68 Å². The van der Waals surface area contributed by atoms with E-state index < -0.39 is 0 Å². The van der Waals surface area contributed by atoms with Crippen molar-refractivity contribution in [3.05, 3.63) is 93.8 Å². The van der Waals surface area contributed by atoms with Crippen LogP contribution in [0.4, 0.5) is 0 Å². The van der Waals surface area contributed by atoms with E-state index in [1.807, 2.05) is 42.6 Å². The van der Waals surface area contributed by atoms with Crippen LogP contribution >= 0.6 is 0 Å². The maximum absolute atomic E-state index is 13.0. The molecule has 144 valence electrons. The third-order valence-corrected chi connectivity index (χ3v) is 5.29. The number of aromatic nitrogens is 4. The third kappa shape index (κ3) is 3.31. The first-order valence-electron chi connectivity index (χ1n) is 9.52. The van der Waals surface area contributed by atoms with Gasteiger partial charge in [-0.25, -0.2) is 4.68 Å². The minimum atomic E-state index is -0.172. The largest absolute Gasteiger partial charge is 0.361 e. The molecular formula is C22H19N5O2. The van der Waals surface area contributed by atoms with Crippen LogP contribution in [0.3, 0.4) is 0 Å². The molecule has 1 aliphatic rings. The van der Waals surface area contributed by atoms with Crippen LogP contribution in [0.2, 0.25) is 0 Å². The van der Waals surface area contributed by atoms with E-state index in [1.54, 1.807) is 23.4 Å². The molecule has 0 spiro atoms. The maximum atomic E-state index is 13.0. The van der Waals surface area contributed by atoms with Crippen molar-refractivity contribution in [1.82, 2.24) is 24.6 Å². The highest BCUT2D eigenvalue weighted by Gasteiger charge is 2.24. The second-order valence-electron chi connectivity index (χ2n) is 7.23. The van der Waals surface area contributed by atoms with Gasteiger partial charge in [0.05, 0.1) is 12.2 Å². The van der Waals surface area contributed by atoms with Gasteiger partial charge in [0.2, 0.25) is 0 Å². The lowest BCUT2D eigenvalue weighted by molar-refractivity contribution is 0.0732. The fourth-order valence-corrected chi connectivity index (χ4v) is 3.75. The number of benzene rings is 1. The summed E-state index contributed by atoms with van der Waals surface area (Å²) in [6.07, 6.45) is 5.91. The molecule has 1 amide bonds. The minimum Gasteiger partial charge on any atom is -0.361 e. The molecule has 0 atom stereocenters. The van der Waals surface area contributed by atoms with Crippen LogP contribution in [0.15, 0.2) is 65.8 Å². The van der Waals surface area contributed by atoms with Gasteiger partial charge < -0.3 is 9.88 Å². The van der Waals surface area contributed by atoms with Crippen LogP contribution in [-0.4, -0.2) is 37.1 Å². The highest BCUT2D eigenvalue weighted by atomic mass is 16.2. The highest BCUT2D eigenvalue weighted by Crippen LogP contribution is 2.20. The minimum absolute atomic E-state index is 0.0355. The third-order valence-electron chi connectivity index (χ3n) is 5.29. The van der Waals surface area contributed by atoms with E-state index in [0.29, 0.717) is 31.6 Å². The van der Waals surface area contributed by atoms with E-state index in [9.17, 15) is 9.59 Å². The second-order valence-corrected chi connectivity index (χ2v) is 7.23. The molecule has 0 aliphatic carbocycles. The summed E-state index contributed by atoms with van der Waals surface area (Å²) in [5.41, 5.74) is 4.02. The lowest BCUT2D eigenvalue weighted by atomic mass is 10.0. The Bertz CT molecular complexity index is 1260. The van der Waals surface area contributed by atoms with Gasteiger partial charge >= 0.3 is 0 Å². The summed E-state index contributed by atoms with van der Waals surface area (Å²) < 4.78 is 1.46. The number of aromatic amines is 1. The molecule has 4 aromatic rings. The molecule has 0 saturated heterocycles. The molecule has 0 bridgehead atoms. The molecule has 5 rings (SSSR count). The van der Waals surface area contributed by atoms with E-state index in [-0.39, 0.29) is 11.5 Å². The van der Waals surface area contributed by atoms with Crippen molar-refractivity contribution < 1.29 is 4.79 Å². The number of H-pyrrole nitrogens is 1. The topological polar surface area (TPSA) is 83.9 Å². The fourth-order valence-electron chi connectivity index (χ4n) is 3.75. The predicted octanol–water partition coefficient (Wildman–Crippen LogP) is 2.37. The Hall–Kier alpha value is -3.74. The molecule has 1 aliphatic heterocycles. The van der Waals surface area contributed by atoms with Crippen molar-refractivity contribution in [2.45, 2.75) is 19.5 Å². The number of hydrogen-bond acceptors (Lipinski definition) is 4. The SMILES string of the molecule is O=C(c1ccc2cc[nH]c2c1)N1CCc2nn(Cc3cccnc3)c(=O)cc2C1. The van der Waals surface area contributed by atoms with Gasteiger partial charge in [-0.15, -0.1) is 0 Å². The van der Waals surface area contributed by atoms with Gasteiger partial charge in [0, 0.05) is 60.8 Å². The number of fused-ring (bicyclic) bond motifs is 2. The molecule has 0 unspecified atom stereocenters. The number of nitrogens with one attached hydrogen (secondary N) is 1. The molecule has 0 radical (unpaired) electrons. The normalized spacial score (nSPS) is 13.4. The zero-order chi connectivity index (χ0) is 19.8. The van der Waals surface area contributed by atoms with E-state index in [2.05, 4.69) is 15.1 Å².